The summed E-state index contributed by atoms with van der Waals surface area (Å²) in [6, 6.07) is 14.7. The lowest BCUT2D eigenvalue weighted by Gasteiger charge is -2.22. The molecule has 1 atom stereocenters. The summed E-state index contributed by atoms with van der Waals surface area (Å²) in [5.41, 5.74) is 1.67. The molecule has 0 unspecified atom stereocenters. The number of carbonyl (C=O) groups is 1. The Hall–Kier alpha value is -2.38. The fraction of sp³-hybridized carbons (Fsp3) is 0.316. The number of benzene rings is 2. The van der Waals surface area contributed by atoms with Crippen molar-refractivity contribution in [2.75, 3.05) is 23.3 Å². The lowest BCUT2D eigenvalue weighted by molar-refractivity contribution is -0.117. The van der Waals surface area contributed by atoms with Crippen molar-refractivity contribution in [3.63, 3.8) is 0 Å². The molecule has 1 amide bonds. The van der Waals surface area contributed by atoms with E-state index in [1.54, 1.807) is 18.2 Å². The second kappa shape index (κ2) is 7.88. The Bertz CT molecular complexity index is 863. The largest absolute Gasteiger partial charge is 0.370 e. The van der Waals surface area contributed by atoms with Gasteiger partial charge in [0.05, 0.1) is 22.3 Å². The van der Waals surface area contributed by atoms with E-state index in [1.165, 1.54) is 19.1 Å². The quantitative estimate of drug-likeness (QED) is 0.816. The minimum atomic E-state index is -3.74. The van der Waals surface area contributed by atoms with Crippen molar-refractivity contribution in [1.29, 1.82) is 0 Å². The number of nitrogens with zero attached hydrogens (tertiary/aromatic N) is 1. The number of hydrogen-bond acceptors (Lipinski definition) is 4. The molecule has 6 nitrogen and oxygen atoms in total. The molecule has 2 aromatic rings. The first-order valence-electron chi connectivity index (χ1n) is 8.69. The van der Waals surface area contributed by atoms with Crippen molar-refractivity contribution in [3.05, 3.63) is 54.6 Å². The Morgan fingerprint density at radius 3 is 2.31 bits per heavy atom. The summed E-state index contributed by atoms with van der Waals surface area (Å²) >= 11 is 0. The average Bonchev–Trinajstić information content (AvgIpc) is 3.17. The summed E-state index contributed by atoms with van der Waals surface area (Å²) < 4.78 is 27.2. The van der Waals surface area contributed by atoms with Crippen molar-refractivity contribution in [2.45, 2.75) is 30.7 Å². The zero-order valence-corrected chi connectivity index (χ0v) is 15.5. The highest BCUT2D eigenvalue weighted by molar-refractivity contribution is 7.89. The highest BCUT2D eigenvalue weighted by Crippen LogP contribution is 2.28. The van der Waals surface area contributed by atoms with Crippen LogP contribution in [0.3, 0.4) is 0 Å². The molecule has 1 aliphatic rings. The molecule has 1 heterocycles. The molecule has 26 heavy (non-hydrogen) atoms. The van der Waals surface area contributed by atoms with Crippen LogP contribution in [0.5, 0.6) is 0 Å². The van der Waals surface area contributed by atoms with E-state index in [9.17, 15) is 13.2 Å². The molecule has 1 fully saturated rings. The van der Waals surface area contributed by atoms with Crippen LogP contribution in [-0.4, -0.2) is 33.5 Å². The zero-order valence-electron chi connectivity index (χ0n) is 14.7. The predicted molar refractivity (Wildman–Crippen MR) is 103 cm³/mol. The standard InChI is InChI=1S/C19H23N3O3S/c1-15(21-26(24,25)16-9-3-2-4-10-16)19(23)20-17-11-5-6-12-18(17)22-13-7-8-14-22/h2-6,9-12,15,21H,7-8,13-14H2,1H3,(H,20,23)/t15-/m0/s1. The molecule has 2 aromatic carbocycles. The Balaban J connectivity index is 1.70. The van der Waals surface area contributed by atoms with Crippen molar-refractivity contribution in [2.24, 2.45) is 0 Å². The molecule has 138 valence electrons. The van der Waals surface area contributed by atoms with Crippen LogP contribution in [0.25, 0.3) is 0 Å². The van der Waals surface area contributed by atoms with Gasteiger partial charge in [0.25, 0.3) is 0 Å². The maximum atomic E-state index is 12.5. The number of rotatable bonds is 6. The summed E-state index contributed by atoms with van der Waals surface area (Å²) in [7, 11) is -3.74. The van der Waals surface area contributed by atoms with Crippen LogP contribution in [0.2, 0.25) is 0 Å². The van der Waals surface area contributed by atoms with E-state index in [1.807, 2.05) is 24.3 Å². The first-order valence-corrected chi connectivity index (χ1v) is 10.2. The number of hydrogen-bond donors (Lipinski definition) is 2. The molecule has 7 heteroatoms. The summed E-state index contributed by atoms with van der Waals surface area (Å²) in [4.78, 5) is 14.9. The lowest BCUT2D eigenvalue weighted by Crippen LogP contribution is -2.41. The summed E-state index contributed by atoms with van der Waals surface area (Å²) in [5, 5.41) is 2.85. The molecule has 2 N–H and O–H groups in total. The first-order chi connectivity index (χ1) is 12.5. The highest BCUT2D eigenvalue weighted by atomic mass is 32.2. The second-order valence-electron chi connectivity index (χ2n) is 6.36. The van der Waals surface area contributed by atoms with Crippen molar-refractivity contribution < 1.29 is 13.2 Å². The SMILES string of the molecule is C[C@H](NS(=O)(=O)c1ccccc1)C(=O)Nc1ccccc1N1CCCC1. The van der Waals surface area contributed by atoms with Gasteiger partial charge in [0.15, 0.2) is 0 Å². The highest BCUT2D eigenvalue weighted by Gasteiger charge is 2.23. The number of sulfonamides is 1. The van der Waals surface area contributed by atoms with Crippen LogP contribution < -0.4 is 14.9 Å². The van der Waals surface area contributed by atoms with E-state index in [0.717, 1.165) is 31.6 Å². The van der Waals surface area contributed by atoms with Crippen molar-refractivity contribution >= 4 is 27.3 Å². The molecule has 1 saturated heterocycles. The van der Waals surface area contributed by atoms with Crippen LogP contribution in [0.1, 0.15) is 19.8 Å². The van der Waals surface area contributed by atoms with Crippen LogP contribution in [0.4, 0.5) is 11.4 Å². The van der Waals surface area contributed by atoms with Gasteiger partial charge in [0.1, 0.15) is 0 Å². The Morgan fingerprint density at radius 1 is 1.00 bits per heavy atom. The molecule has 0 bridgehead atoms. The van der Waals surface area contributed by atoms with Gasteiger partial charge in [0, 0.05) is 13.1 Å². The maximum absolute atomic E-state index is 12.5. The Labute approximate surface area is 154 Å². The number of nitrogens with one attached hydrogen (secondary N) is 2. The fourth-order valence-electron chi connectivity index (χ4n) is 3.01. The first kappa shape index (κ1) is 18.4. The van der Waals surface area contributed by atoms with Gasteiger partial charge in [-0.3, -0.25) is 4.79 Å². The predicted octanol–water partition coefficient (Wildman–Crippen LogP) is 2.59. The van der Waals surface area contributed by atoms with Gasteiger partial charge in [-0.2, -0.15) is 4.72 Å². The monoisotopic (exact) mass is 373 g/mol. The summed E-state index contributed by atoms with van der Waals surface area (Å²) in [6.07, 6.45) is 2.27. The normalized spacial score (nSPS) is 15.7. The molecule has 0 saturated carbocycles. The fourth-order valence-corrected chi connectivity index (χ4v) is 4.23. The van der Waals surface area contributed by atoms with E-state index < -0.39 is 22.0 Å². The van der Waals surface area contributed by atoms with Gasteiger partial charge in [-0.05, 0) is 44.0 Å². The molecule has 1 aliphatic heterocycles. The van der Waals surface area contributed by atoms with E-state index >= 15 is 0 Å². The van der Waals surface area contributed by atoms with E-state index in [4.69, 9.17) is 0 Å². The number of anilines is 2. The van der Waals surface area contributed by atoms with Crippen LogP contribution in [0.15, 0.2) is 59.5 Å². The Kier molecular flexibility index (Phi) is 5.58. The molecule has 0 aliphatic carbocycles. The van der Waals surface area contributed by atoms with Crippen LogP contribution in [0, 0.1) is 0 Å². The van der Waals surface area contributed by atoms with Gasteiger partial charge in [-0.25, -0.2) is 8.42 Å². The van der Waals surface area contributed by atoms with E-state index in [-0.39, 0.29) is 4.90 Å². The number of amides is 1. The average molecular weight is 373 g/mol. The van der Waals surface area contributed by atoms with E-state index in [0.29, 0.717) is 5.69 Å². The zero-order chi connectivity index (χ0) is 18.6. The lowest BCUT2D eigenvalue weighted by atomic mass is 10.2. The van der Waals surface area contributed by atoms with Gasteiger partial charge >= 0.3 is 0 Å². The molecule has 0 radical (unpaired) electrons. The smallest absolute Gasteiger partial charge is 0.242 e. The van der Waals surface area contributed by atoms with Crippen molar-refractivity contribution in [1.82, 2.24) is 4.72 Å². The van der Waals surface area contributed by atoms with Crippen LogP contribution in [-0.2, 0) is 14.8 Å². The molecule has 0 spiro atoms. The van der Waals surface area contributed by atoms with Gasteiger partial charge in [-0.1, -0.05) is 30.3 Å². The minimum Gasteiger partial charge on any atom is -0.370 e. The molecular weight excluding hydrogens is 350 g/mol. The molecular formula is C19H23N3O3S. The summed E-state index contributed by atoms with van der Waals surface area (Å²) in [6.45, 7) is 3.46. The third-order valence-electron chi connectivity index (χ3n) is 4.39. The van der Waals surface area contributed by atoms with Gasteiger partial charge < -0.3 is 10.2 Å². The summed E-state index contributed by atoms with van der Waals surface area (Å²) in [5.74, 6) is -0.392. The minimum absolute atomic E-state index is 0.136. The Morgan fingerprint density at radius 2 is 1.62 bits per heavy atom. The molecule has 0 aromatic heterocycles. The number of para-hydroxylation sites is 2. The van der Waals surface area contributed by atoms with Gasteiger partial charge in [-0.15, -0.1) is 0 Å². The number of carbonyl (C=O) groups excluding carboxylic acids is 1. The maximum Gasteiger partial charge on any atom is 0.242 e. The van der Waals surface area contributed by atoms with Crippen molar-refractivity contribution in [3.8, 4) is 0 Å². The van der Waals surface area contributed by atoms with Gasteiger partial charge in [0.2, 0.25) is 15.9 Å². The third-order valence-corrected chi connectivity index (χ3v) is 5.94. The topological polar surface area (TPSA) is 78.5 Å². The third kappa shape index (κ3) is 4.23. The molecule has 3 rings (SSSR count). The second-order valence-corrected chi connectivity index (χ2v) is 8.07. The van der Waals surface area contributed by atoms with E-state index in [2.05, 4.69) is 14.9 Å². The van der Waals surface area contributed by atoms with Crippen LogP contribution >= 0.6 is 0 Å².